The van der Waals surface area contributed by atoms with Crippen LogP contribution in [-0.4, -0.2) is 48.1 Å². The summed E-state index contributed by atoms with van der Waals surface area (Å²) in [7, 11) is 1.54. The lowest BCUT2D eigenvalue weighted by atomic mass is 9.94. The van der Waals surface area contributed by atoms with Gasteiger partial charge >= 0.3 is 0 Å². The fourth-order valence-corrected chi connectivity index (χ4v) is 3.75. The van der Waals surface area contributed by atoms with E-state index in [0.29, 0.717) is 16.9 Å². The number of hydrogen-bond acceptors (Lipinski definition) is 5. The molecule has 1 saturated heterocycles. The molecule has 6 heteroatoms. The van der Waals surface area contributed by atoms with Gasteiger partial charge in [-0.2, -0.15) is 0 Å². The molecule has 0 radical (unpaired) electrons. The second kappa shape index (κ2) is 9.79. The van der Waals surface area contributed by atoms with Crippen molar-refractivity contribution in [3.05, 3.63) is 70.8 Å². The molecule has 164 valence electrons. The molecule has 1 unspecified atom stereocenters. The van der Waals surface area contributed by atoms with Gasteiger partial charge in [0.05, 0.1) is 24.3 Å². The molecule has 1 aliphatic rings. The van der Waals surface area contributed by atoms with Crippen molar-refractivity contribution in [2.45, 2.75) is 39.3 Å². The molecule has 0 spiro atoms. The summed E-state index contributed by atoms with van der Waals surface area (Å²) >= 11 is 0. The third-order valence-corrected chi connectivity index (χ3v) is 5.29. The van der Waals surface area contributed by atoms with Gasteiger partial charge in [0.2, 0.25) is 0 Å². The molecular weight excluding hydrogens is 394 g/mol. The second-order valence-corrected chi connectivity index (χ2v) is 7.74. The zero-order valence-electron chi connectivity index (χ0n) is 18.4. The first-order valence-corrected chi connectivity index (χ1v) is 10.5. The van der Waals surface area contributed by atoms with Gasteiger partial charge in [-0.05, 0) is 31.9 Å². The number of likely N-dealkylation sites (tertiary alicyclic amines) is 1. The van der Waals surface area contributed by atoms with Crippen molar-refractivity contribution in [3.63, 3.8) is 0 Å². The Balaban J connectivity index is 2.18. The number of amides is 1. The van der Waals surface area contributed by atoms with Crippen molar-refractivity contribution in [1.29, 1.82) is 0 Å². The van der Waals surface area contributed by atoms with Gasteiger partial charge in [-0.1, -0.05) is 49.4 Å². The third kappa shape index (κ3) is 4.64. The predicted molar refractivity (Wildman–Crippen MR) is 119 cm³/mol. The van der Waals surface area contributed by atoms with E-state index in [4.69, 9.17) is 9.47 Å². The molecular formula is C25H29NO5. The Morgan fingerprint density at radius 2 is 1.77 bits per heavy atom. The predicted octanol–water partition coefficient (Wildman–Crippen LogP) is 4.10. The van der Waals surface area contributed by atoms with E-state index < -0.39 is 17.7 Å². The van der Waals surface area contributed by atoms with Crippen LogP contribution < -0.4 is 4.74 Å². The number of Topliss-reactive ketones (excluding diaryl/α,β-unsaturated/α-hetero) is 1. The van der Waals surface area contributed by atoms with E-state index in [2.05, 4.69) is 0 Å². The normalized spacial score (nSPS) is 18.1. The number of rotatable bonds is 8. The first-order chi connectivity index (χ1) is 14.9. The van der Waals surface area contributed by atoms with Crippen LogP contribution in [0, 0.1) is 0 Å². The maximum atomic E-state index is 13.0. The zero-order valence-corrected chi connectivity index (χ0v) is 18.4. The summed E-state index contributed by atoms with van der Waals surface area (Å²) < 4.78 is 11.1. The van der Waals surface area contributed by atoms with E-state index in [1.165, 1.54) is 12.0 Å². The molecule has 2 aromatic carbocycles. The molecule has 2 aromatic rings. The average Bonchev–Trinajstić information content (AvgIpc) is 3.01. The Morgan fingerprint density at radius 3 is 2.39 bits per heavy atom. The van der Waals surface area contributed by atoms with Crippen molar-refractivity contribution in [1.82, 2.24) is 4.90 Å². The van der Waals surface area contributed by atoms with Crippen LogP contribution in [-0.2, 0) is 20.7 Å². The van der Waals surface area contributed by atoms with Gasteiger partial charge in [-0.3, -0.25) is 9.59 Å². The number of nitrogens with zero attached hydrogens (tertiary/aromatic N) is 1. The number of aryl methyl sites for hydroxylation is 1. The van der Waals surface area contributed by atoms with E-state index in [1.807, 2.05) is 57.2 Å². The Hall–Kier alpha value is -3.12. The molecule has 1 fully saturated rings. The smallest absolute Gasteiger partial charge is 0.295 e. The van der Waals surface area contributed by atoms with Gasteiger partial charge in [-0.25, -0.2) is 0 Å². The highest BCUT2D eigenvalue weighted by molar-refractivity contribution is 6.46. The molecule has 1 aliphatic heterocycles. The van der Waals surface area contributed by atoms with Crippen molar-refractivity contribution in [2.24, 2.45) is 0 Å². The van der Waals surface area contributed by atoms with Crippen LogP contribution in [0.5, 0.6) is 5.75 Å². The number of methoxy groups -OCH3 is 1. The molecule has 0 aromatic heterocycles. The lowest BCUT2D eigenvalue weighted by molar-refractivity contribution is -0.140. The number of para-hydroxylation sites is 1. The van der Waals surface area contributed by atoms with Gasteiger partial charge in [0.25, 0.3) is 11.7 Å². The van der Waals surface area contributed by atoms with Gasteiger partial charge < -0.3 is 19.5 Å². The molecule has 0 bridgehead atoms. The number of benzene rings is 2. The first kappa shape index (κ1) is 22.6. The molecule has 3 rings (SSSR count). The van der Waals surface area contributed by atoms with Crippen LogP contribution in [0.15, 0.2) is 54.1 Å². The van der Waals surface area contributed by atoms with E-state index >= 15 is 0 Å². The average molecular weight is 424 g/mol. The Labute approximate surface area is 183 Å². The highest BCUT2D eigenvalue weighted by atomic mass is 16.5. The molecule has 0 saturated carbocycles. The minimum absolute atomic E-state index is 0.0603. The van der Waals surface area contributed by atoms with E-state index in [0.717, 1.165) is 12.0 Å². The minimum Gasteiger partial charge on any atom is -0.507 e. The van der Waals surface area contributed by atoms with Crippen LogP contribution >= 0.6 is 0 Å². The molecule has 6 nitrogen and oxygen atoms in total. The van der Waals surface area contributed by atoms with E-state index in [1.54, 1.807) is 12.1 Å². The maximum Gasteiger partial charge on any atom is 0.295 e. The van der Waals surface area contributed by atoms with Crippen LogP contribution in [0.4, 0.5) is 0 Å². The number of carbonyl (C=O) groups is 2. The van der Waals surface area contributed by atoms with Crippen molar-refractivity contribution in [2.75, 3.05) is 20.3 Å². The lowest BCUT2D eigenvalue weighted by Gasteiger charge is -2.27. The second-order valence-electron chi connectivity index (χ2n) is 7.74. The van der Waals surface area contributed by atoms with Crippen LogP contribution in [0.2, 0.25) is 0 Å². The largest absolute Gasteiger partial charge is 0.507 e. The number of carbonyl (C=O) groups excluding carboxylic acids is 2. The van der Waals surface area contributed by atoms with Gasteiger partial charge in [0.1, 0.15) is 11.5 Å². The standard InChI is InChI=1S/C25H29NO5/c1-5-17-10-12-18(13-11-17)23(27)21-22(26(14-15-30-4)25(29)24(21)28)19-8-6-7-9-20(19)31-16(2)3/h6-13,16,22,27H,5,14-15H2,1-4H3/b23-21-. The Bertz CT molecular complexity index is 978. The van der Waals surface area contributed by atoms with Crippen molar-refractivity contribution >= 4 is 17.4 Å². The molecule has 1 amide bonds. The molecule has 1 heterocycles. The molecule has 1 N–H and O–H groups in total. The summed E-state index contributed by atoms with van der Waals surface area (Å²) in [5.74, 6) is -0.991. The van der Waals surface area contributed by atoms with Crippen molar-refractivity contribution in [3.8, 4) is 5.75 Å². The van der Waals surface area contributed by atoms with E-state index in [9.17, 15) is 14.7 Å². The molecule has 1 atom stereocenters. The summed E-state index contributed by atoms with van der Waals surface area (Å²) in [6, 6.07) is 13.9. The fourth-order valence-electron chi connectivity index (χ4n) is 3.75. The van der Waals surface area contributed by atoms with Crippen molar-refractivity contribution < 1.29 is 24.2 Å². The number of aliphatic hydroxyl groups excluding tert-OH is 1. The molecule has 0 aliphatic carbocycles. The van der Waals surface area contributed by atoms with E-state index in [-0.39, 0.29) is 30.6 Å². The highest BCUT2D eigenvalue weighted by Gasteiger charge is 2.46. The number of ether oxygens (including phenoxy) is 2. The lowest BCUT2D eigenvalue weighted by Crippen LogP contribution is -2.33. The summed E-state index contributed by atoms with van der Waals surface area (Å²) in [5.41, 5.74) is 2.32. The van der Waals surface area contributed by atoms with Gasteiger partial charge in [0, 0.05) is 24.8 Å². The summed E-state index contributed by atoms with van der Waals surface area (Å²) in [6.45, 7) is 6.35. The van der Waals surface area contributed by atoms with Gasteiger partial charge in [-0.15, -0.1) is 0 Å². The maximum absolute atomic E-state index is 13.0. The third-order valence-electron chi connectivity index (χ3n) is 5.29. The SMILES string of the molecule is CCc1ccc(/C(O)=C2/C(=O)C(=O)N(CCOC)C2c2ccccc2OC(C)C)cc1. The summed E-state index contributed by atoms with van der Waals surface area (Å²) in [6.07, 6.45) is 0.770. The van der Waals surface area contributed by atoms with Crippen LogP contribution in [0.3, 0.4) is 0 Å². The number of aliphatic hydroxyl groups is 1. The van der Waals surface area contributed by atoms with Crippen LogP contribution in [0.25, 0.3) is 5.76 Å². The topological polar surface area (TPSA) is 76.1 Å². The number of hydrogen-bond donors (Lipinski definition) is 1. The summed E-state index contributed by atoms with van der Waals surface area (Å²) in [4.78, 5) is 27.4. The fraction of sp³-hybridized carbons (Fsp3) is 0.360. The van der Waals surface area contributed by atoms with Gasteiger partial charge in [0.15, 0.2) is 0 Å². The quantitative estimate of drug-likeness (QED) is 0.393. The highest BCUT2D eigenvalue weighted by Crippen LogP contribution is 2.42. The Morgan fingerprint density at radius 1 is 1.10 bits per heavy atom. The van der Waals surface area contributed by atoms with Crippen LogP contribution in [0.1, 0.15) is 43.5 Å². The number of ketones is 1. The minimum atomic E-state index is -0.768. The first-order valence-electron chi connectivity index (χ1n) is 10.5. The monoisotopic (exact) mass is 423 g/mol. The zero-order chi connectivity index (χ0) is 22.5. The Kier molecular flexibility index (Phi) is 7.13. The summed E-state index contributed by atoms with van der Waals surface area (Å²) in [5, 5.41) is 11.1. The molecule has 31 heavy (non-hydrogen) atoms.